The van der Waals surface area contributed by atoms with E-state index in [9.17, 15) is 4.79 Å². The summed E-state index contributed by atoms with van der Waals surface area (Å²) in [5, 5.41) is 7.20. The molecule has 0 aliphatic rings. The van der Waals surface area contributed by atoms with Gasteiger partial charge in [-0.2, -0.15) is 0 Å². The van der Waals surface area contributed by atoms with E-state index in [-0.39, 0.29) is 11.7 Å². The Morgan fingerprint density at radius 1 is 1.53 bits per heavy atom. The average molecular weight is 343 g/mol. The van der Waals surface area contributed by atoms with Gasteiger partial charge in [0.2, 0.25) is 0 Å². The average Bonchev–Trinajstić information content (AvgIpc) is 2.69. The monoisotopic (exact) mass is 342 g/mol. The molecule has 1 aromatic carbocycles. The molecule has 5 nitrogen and oxygen atoms in total. The van der Waals surface area contributed by atoms with Crippen LogP contribution >= 0.6 is 27.7 Å². The molecule has 1 heterocycles. The fourth-order valence-corrected chi connectivity index (χ4v) is 3.16. The molecule has 0 spiro atoms. The highest BCUT2D eigenvalue weighted by Gasteiger charge is 2.12. The normalized spacial score (nSPS) is 11.2. The molecule has 0 atom stereocenters. The molecule has 102 valence electrons. The number of hydrogen-bond acceptors (Lipinski definition) is 4. The Kier molecular flexibility index (Phi) is 4.36. The number of rotatable bonds is 4. The van der Waals surface area contributed by atoms with E-state index in [0.29, 0.717) is 10.9 Å². The standard InChI is InChI=1S/C12H15BrN4OS/c1-7(2)17-11(18)15-16-12(17)19-6-8-3-4-9(13)5-10(8)14/h3-5,7H,6,14H2,1-2H3,(H,15,18). The number of hydrogen-bond donors (Lipinski definition) is 2. The maximum atomic E-state index is 11.6. The van der Waals surface area contributed by atoms with Crippen LogP contribution in [0.4, 0.5) is 5.69 Å². The fourth-order valence-electron chi connectivity index (χ4n) is 1.69. The van der Waals surface area contributed by atoms with Gasteiger partial charge in [-0.05, 0) is 31.5 Å². The molecular formula is C12H15BrN4OS. The van der Waals surface area contributed by atoms with Crippen molar-refractivity contribution in [1.82, 2.24) is 14.8 Å². The summed E-state index contributed by atoms with van der Waals surface area (Å²) in [6, 6.07) is 5.87. The van der Waals surface area contributed by atoms with Gasteiger partial charge < -0.3 is 5.73 Å². The zero-order valence-corrected chi connectivity index (χ0v) is 13.1. The van der Waals surface area contributed by atoms with Crippen LogP contribution in [-0.4, -0.2) is 14.8 Å². The third kappa shape index (κ3) is 3.22. The zero-order chi connectivity index (χ0) is 14.0. The minimum absolute atomic E-state index is 0.0796. The Balaban J connectivity index is 2.17. The zero-order valence-electron chi connectivity index (χ0n) is 10.7. The van der Waals surface area contributed by atoms with Crippen molar-refractivity contribution < 1.29 is 0 Å². The van der Waals surface area contributed by atoms with Gasteiger partial charge in [-0.3, -0.25) is 4.57 Å². The van der Waals surface area contributed by atoms with Crippen molar-refractivity contribution in [3.63, 3.8) is 0 Å². The summed E-state index contributed by atoms with van der Waals surface area (Å²) >= 11 is 4.87. The van der Waals surface area contributed by atoms with Gasteiger partial charge in [0, 0.05) is 22.0 Å². The van der Waals surface area contributed by atoms with Crippen LogP contribution < -0.4 is 11.4 Å². The topological polar surface area (TPSA) is 76.7 Å². The van der Waals surface area contributed by atoms with Crippen LogP contribution in [0.5, 0.6) is 0 Å². The number of nitrogens with zero attached hydrogens (tertiary/aromatic N) is 2. The van der Waals surface area contributed by atoms with Crippen molar-refractivity contribution in [2.24, 2.45) is 0 Å². The van der Waals surface area contributed by atoms with E-state index in [0.717, 1.165) is 15.7 Å². The number of thioether (sulfide) groups is 1. The Bertz CT molecular complexity index is 635. The number of nitrogen functional groups attached to an aromatic ring is 1. The van der Waals surface area contributed by atoms with E-state index < -0.39 is 0 Å². The second-order valence-corrected chi connectivity index (χ2v) is 6.27. The molecule has 0 aliphatic carbocycles. The molecule has 0 amide bonds. The van der Waals surface area contributed by atoms with Gasteiger partial charge in [-0.15, -0.1) is 5.10 Å². The molecule has 0 unspecified atom stereocenters. The molecule has 19 heavy (non-hydrogen) atoms. The SMILES string of the molecule is CC(C)n1c(SCc2ccc(Br)cc2N)n[nH]c1=O. The number of benzene rings is 1. The minimum Gasteiger partial charge on any atom is -0.398 e. The first kappa shape index (κ1) is 14.2. The predicted octanol–water partition coefficient (Wildman–Crippen LogP) is 2.79. The molecule has 1 aromatic heterocycles. The number of aromatic amines is 1. The second kappa shape index (κ2) is 5.83. The molecule has 0 radical (unpaired) electrons. The van der Waals surface area contributed by atoms with Gasteiger partial charge in [0.1, 0.15) is 0 Å². The van der Waals surface area contributed by atoms with Crippen LogP contribution in [0.15, 0.2) is 32.6 Å². The molecular weight excluding hydrogens is 328 g/mol. The van der Waals surface area contributed by atoms with Crippen molar-refractivity contribution >= 4 is 33.4 Å². The van der Waals surface area contributed by atoms with E-state index in [2.05, 4.69) is 26.1 Å². The highest BCUT2D eigenvalue weighted by atomic mass is 79.9. The van der Waals surface area contributed by atoms with Crippen LogP contribution in [0.1, 0.15) is 25.5 Å². The molecule has 2 rings (SSSR count). The summed E-state index contributed by atoms with van der Waals surface area (Å²) < 4.78 is 2.59. The molecule has 0 aliphatic heterocycles. The lowest BCUT2D eigenvalue weighted by Crippen LogP contribution is -2.19. The summed E-state index contributed by atoms with van der Waals surface area (Å²) in [6.45, 7) is 3.91. The first-order valence-electron chi connectivity index (χ1n) is 5.82. The summed E-state index contributed by atoms with van der Waals surface area (Å²) in [6.07, 6.45) is 0. The Hall–Kier alpha value is -1.21. The van der Waals surface area contributed by atoms with Crippen LogP contribution in [0, 0.1) is 0 Å². The molecule has 0 saturated carbocycles. The summed E-state index contributed by atoms with van der Waals surface area (Å²) in [4.78, 5) is 11.6. The second-order valence-electron chi connectivity index (χ2n) is 4.41. The van der Waals surface area contributed by atoms with Crippen LogP contribution in [0.3, 0.4) is 0 Å². The fraction of sp³-hybridized carbons (Fsp3) is 0.333. The van der Waals surface area contributed by atoms with E-state index in [1.165, 1.54) is 11.8 Å². The molecule has 3 N–H and O–H groups in total. The first-order valence-corrected chi connectivity index (χ1v) is 7.60. The minimum atomic E-state index is -0.179. The van der Waals surface area contributed by atoms with E-state index >= 15 is 0 Å². The van der Waals surface area contributed by atoms with Gasteiger partial charge in [-0.25, -0.2) is 9.89 Å². The lowest BCUT2D eigenvalue weighted by Gasteiger charge is -2.09. The van der Waals surface area contributed by atoms with Crippen LogP contribution in [-0.2, 0) is 5.75 Å². The first-order chi connectivity index (χ1) is 8.99. The predicted molar refractivity (Wildman–Crippen MR) is 81.3 cm³/mol. The maximum Gasteiger partial charge on any atom is 0.344 e. The molecule has 2 aromatic rings. The Morgan fingerprint density at radius 3 is 2.89 bits per heavy atom. The third-order valence-electron chi connectivity index (χ3n) is 2.65. The number of H-pyrrole nitrogens is 1. The van der Waals surface area contributed by atoms with Crippen LogP contribution in [0.2, 0.25) is 0 Å². The largest absolute Gasteiger partial charge is 0.398 e. The van der Waals surface area contributed by atoms with Gasteiger partial charge in [0.25, 0.3) is 0 Å². The highest BCUT2D eigenvalue weighted by Crippen LogP contribution is 2.26. The molecule has 0 bridgehead atoms. The third-order valence-corrected chi connectivity index (χ3v) is 4.15. The highest BCUT2D eigenvalue weighted by molar-refractivity contribution is 9.10. The summed E-state index contributed by atoms with van der Waals surface area (Å²) in [5.41, 5.74) is 7.53. The quantitative estimate of drug-likeness (QED) is 0.661. The van der Waals surface area contributed by atoms with Gasteiger partial charge in [0.05, 0.1) is 0 Å². The Labute approximate surface area is 123 Å². The Morgan fingerprint density at radius 2 is 2.26 bits per heavy atom. The lowest BCUT2D eigenvalue weighted by atomic mass is 10.2. The number of anilines is 1. The number of halogens is 1. The van der Waals surface area contributed by atoms with E-state index in [1.807, 2.05) is 32.0 Å². The van der Waals surface area contributed by atoms with Crippen molar-refractivity contribution in [3.8, 4) is 0 Å². The van der Waals surface area contributed by atoms with Gasteiger partial charge >= 0.3 is 5.69 Å². The molecule has 0 saturated heterocycles. The number of nitrogens with one attached hydrogen (secondary N) is 1. The van der Waals surface area contributed by atoms with Gasteiger partial charge in [0.15, 0.2) is 5.16 Å². The van der Waals surface area contributed by atoms with E-state index in [1.54, 1.807) is 4.57 Å². The lowest BCUT2D eigenvalue weighted by molar-refractivity contribution is 0.534. The van der Waals surface area contributed by atoms with Crippen molar-refractivity contribution in [2.45, 2.75) is 30.8 Å². The maximum absolute atomic E-state index is 11.6. The van der Waals surface area contributed by atoms with Crippen molar-refractivity contribution in [2.75, 3.05) is 5.73 Å². The smallest absolute Gasteiger partial charge is 0.344 e. The van der Waals surface area contributed by atoms with Crippen molar-refractivity contribution in [1.29, 1.82) is 0 Å². The summed E-state index contributed by atoms with van der Waals surface area (Å²) in [7, 11) is 0. The van der Waals surface area contributed by atoms with E-state index in [4.69, 9.17) is 5.73 Å². The molecule has 7 heteroatoms. The van der Waals surface area contributed by atoms with Crippen LogP contribution in [0.25, 0.3) is 0 Å². The van der Waals surface area contributed by atoms with Gasteiger partial charge in [-0.1, -0.05) is 33.8 Å². The number of aromatic nitrogens is 3. The molecule has 0 fully saturated rings. The van der Waals surface area contributed by atoms with Crippen molar-refractivity contribution in [3.05, 3.63) is 38.7 Å². The number of nitrogens with two attached hydrogens (primary N) is 1. The summed E-state index contributed by atoms with van der Waals surface area (Å²) in [5.74, 6) is 0.677.